The summed E-state index contributed by atoms with van der Waals surface area (Å²) in [6.07, 6.45) is -13.4. The predicted octanol–water partition coefficient (Wildman–Crippen LogP) is 12.0. The van der Waals surface area contributed by atoms with Gasteiger partial charge in [0.05, 0.1) is 73.8 Å². The Morgan fingerprint density at radius 2 is 0.925 bits per heavy atom. The van der Waals surface area contributed by atoms with Crippen LogP contribution < -0.4 is 16.0 Å². The van der Waals surface area contributed by atoms with E-state index < -0.39 is 74.7 Å². The number of rotatable bonds is 13. The first-order valence-corrected chi connectivity index (χ1v) is 25.8. The largest absolute Gasteiger partial charge is 0.468 e. The highest BCUT2D eigenvalue weighted by molar-refractivity contribution is 9.09. The Kier molecular flexibility index (Phi) is 27.6. The number of hydrogen-bond donors (Lipinski definition) is 2. The number of esters is 5. The second kappa shape index (κ2) is 32.3. The fourth-order valence-corrected chi connectivity index (χ4v) is 7.72. The van der Waals surface area contributed by atoms with Crippen LogP contribution in [0.5, 0.6) is 0 Å². The van der Waals surface area contributed by atoms with Gasteiger partial charge < -0.3 is 39.6 Å². The molecule has 27 heteroatoms. The van der Waals surface area contributed by atoms with Gasteiger partial charge in [-0.15, -0.1) is 0 Å². The summed E-state index contributed by atoms with van der Waals surface area (Å²) in [4.78, 5) is 57.4. The van der Waals surface area contributed by atoms with E-state index >= 15 is 0 Å². The molecule has 3 N–H and O–H groups in total. The number of ether oxygens (including phenoxy) is 5. The summed E-state index contributed by atoms with van der Waals surface area (Å²) in [5.74, 6) is -2.82. The van der Waals surface area contributed by atoms with Gasteiger partial charge in [-0.25, -0.2) is 22.8 Å². The number of anilines is 3. The summed E-state index contributed by atoms with van der Waals surface area (Å²) in [6.45, 7) is -0.453. The highest BCUT2D eigenvalue weighted by Crippen LogP contribution is 2.38. The molecule has 0 spiro atoms. The van der Waals surface area contributed by atoms with Crippen molar-refractivity contribution in [3.8, 4) is 0 Å². The SMILES string of the molecule is COC(=O)CBr.COC(=O)CN(Cc1ccccc1C(=O)OC)c1ccccc1C(F)(F)F.COC(=O)c1ccccc1CNc1ccccc1C(F)(F)F.COC(=O)c1ccccc1S(=O)(=O)Cl.Nc1ccccc1C(F)(F)F. The van der Waals surface area contributed by atoms with Gasteiger partial charge in [-0.3, -0.25) is 9.59 Å². The lowest BCUT2D eigenvalue weighted by molar-refractivity contribution is -0.140. The molecule has 0 aliphatic carbocycles. The molecule has 0 heterocycles. The molecule has 0 bridgehead atoms. The molecule has 0 fully saturated rings. The van der Waals surface area contributed by atoms with Crippen LogP contribution in [0.1, 0.15) is 58.9 Å². The van der Waals surface area contributed by atoms with Crippen LogP contribution in [0, 0.1) is 0 Å². The molecule has 80 heavy (non-hydrogen) atoms. The van der Waals surface area contributed by atoms with Gasteiger partial charge >= 0.3 is 48.4 Å². The molecule has 0 aliphatic heterocycles. The molecule has 6 aromatic carbocycles. The van der Waals surface area contributed by atoms with E-state index in [2.05, 4.69) is 40.2 Å². The van der Waals surface area contributed by atoms with Gasteiger partial charge in [0.2, 0.25) is 0 Å². The average molecular weight is 1240 g/mol. The number of nitrogens with one attached hydrogen (secondary N) is 1. The average Bonchev–Trinajstić information content (AvgIpc) is 3.43. The van der Waals surface area contributed by atoms with E-state index in [1.165, 1.54) is 118 Å². The van der Waals surface area contributed by atoms with Gasteiger partial charge in [0.15, 0.2) is 0 Å². The minimum Gasteiger partial charge on any atom is -0.468 e. The summed E-state index contributed by atoms with van der Waals surface area (Å²) in [5.41, 5.74) is 3.67. The number of methoxy groups -OCH3 is 5. The van der Waals surface area contributed by atoms with Crippen LogP contribution in [0.15, 0.2) is 150 Å². The molecular formula is C53H50BrClF9N3O12S. The highest BCUT2D eigenvalue weighted by atomic mass is 79.9. The Morgan fingerprint density at radius 1 is 0.525 bits per heavy atom. The third-order valence-electron chi connectivity index (χ3n) is 10.2. The van der Waals surface area contributed by atoms with E-state index in [1.807, 2.05) is 0 Å². The number of halogens is 11. The van der Waals surface area contributed by atoms with Crippen molar-refractivity contribution in [2.45, 2.75) is 36.5 Å². The zero-order valence-corrected chi connectivity index (χ0v) is 45.8. The Hall–Kier alpha value is -7.84. The van der Waals surface area contributed by atoms with Crippen LogP contribution in [-0.2, 0) is 73.9 Å². The van der Waals surface area contributed by atoms with Gasteiger partial charge in [0.1, 0.15) is 11.9 Å². The number of carbonyl (C=O) groups excluding carboxylic acids is 5. The van der Waals surface area contributed by atoms with Crippen LogP contribution in [0.2, 0.25) is 0 Å². The van der Waals surface area contributed by atoms with E-state index in [4.69, 9.17) is 21.2 Å². The van der Waals surface area contributed by atoms with Crippen molar-refractivity contribution < 1.29 is 95.6 Å². The molecule has 0 saturated heterocycles. The van der Waals surface area contributed by atoms with E-state index in [0.717, 1.165) is 25.3 Å². The Morgan fingerprint density at radius 3 is 1.38 bits per heavy atom. The molecule has 0 aliphatic rings. The molecule has 0 unspecified atom stereocenters. The maximum atomic E-state index is 13.4. The predicted molar refractivity (Wildman–Crippen MR) is 281 cm³/mol. The van der Waals surface area contributed by atoms with E-state index in [1.54, 1.807) is 42.5 Å². The maximum Gasteiger partial charge on any atom is 0.418 e. The monoisotopic (exact) mass is 1240 g/mol. The van der Waals surface area contributed by atoms with Crippen molar-refractivity contribution in [2.24, 2.45) is 0 Å². The second-order valence-electron chi connectivity index (χ2n) is 15.4. The molecule has 0 radical (unpaired) electrons. The molecule has 0 saturated carbocycles. The summed E-state index contributed by atoms with van der Waals surface area (Å²) >= 11 is 2.90. The number of hydrogen-bond acceptors (Lipinski definition) is 15. The van der Waals surface area contributed by atoms with Gasteiger partial charge in [0, 0.05) is 40.8 Å². The number of nitrogens with zero attached hydrogens (tertiary/aromatic N) is 1. The minimum absolute atomic E-state index is 0.0327. The van der Waals surface area contributed by atoms with E-state index in [-0.39, 0.29) is 57.5 Å². The van der Waals surface area contributed by atoms with Crippen molar-refractivity contribution >= 4 is 82.6 Å². The lowest BCUT2D eigenvalue weighted by atomic mass is 10.1. The quantitative estimate of drug-likeness (QED) is 0.0275. The van der Waals surface area contributed by atoms with E-state index in [0.29, 0.717) is 16.7 Å². The van der Waals surface area contributed by atoms with Gasteiger partial charge in [-0.05, 0) is 71.8 Å². The van der Waals surface area contributed by atoms with Crippen LogP contribution in [0.25, 0.3) is 0 Å². The maximum absolute atomic E-state index is 13.4. The normalized spacial score (nSPS) is 10.8. The van der Waals surface area contributed by atoms with Crippen molar-refractivity contribution in [1.82, 2.24) is 0 Å². The van der Waals surface area contributed by atoms with Crippen LogP contribution >= 0.6 is 26.6 Å². The van der Waals surface area contributed by atoms with Gasteiger partial charge in [-0.1, -0.05) is 101 Å². The zero-order valence-electron chi connectivity index (χ0n) is 42.7. The highest BCUT2D eigenvalue weighted by Gasteiger charge is 2.36. The molecule has 6 rings (SSSR count). The number of benzene rings is 6. The van der Waals surface area contributed by atoms with Crippen LogP contribution in [0.4, 0.5) is 56.6 Å². The topological polar surface area (TPSA) is 207 Å². The molecule has 15 nitrogen and oxygen atoms in total. The number of nitrogen functional groups attached to an aromatic ring is 1. The Bertz CT molecular complexity index is 3120. The Labute approximate surface area is 466 Å². The Balaban J connectivity index is 0.000000368. The molecule has 432 valence electrons. The van der Waals surface area contributed by atoms with Crippen molar-refractivity contribution in [2.75, 3.05) is 63.4 Å². The lowest BCUT2D eigenvalue weighted by Gasteiger charge is -2.27. The third-order valence-corrected chi connectivity index (χ3v) is 12.0. The fourth-order valence-electron chi connectivity index (χ4n) is 6.43. The number of para-hydroxylation sites is 3. The van der Waals surface area contributed by atoms with E-state index in [9.17, 15) is 71.9 Å². The zero-order chi connectivity index (χ0) is 60.4. The third kappa shape index (κ3) is 22.1. The summed E-state index contributed by atoms with van der Waals surface area (Å²) in [6, 6.07) is 33.6. The fraction of sp³-hybridized carbons (Fsp3) is 0.226. The van der Waals surface area contributed by atoms with Gasteiger partial charge in [-0.2, -0.15) is 39.5 Å². The standard InChI is InChI=1S/C19H18F3NO4.C16H14F3NO2.C8H7ClO4S.C7H6F3N.C3H5BrO2/c1-26-17(24)12-23(16-10-6-5-9-15(16)19(20,21)22)11-13-7-3-4-8-14(13)18(25)27-2;1-22-15(21)12-7-3-2-6-11(12)10-20-14-9-5-4-8-13(14)16(17,18)19;1-13-8(10)6-4-2-3-5-7(6)14(9,11)12;8-7(9,10)5-3-1-2-4-6(5)11;1-6-3(5)2-4/h3-10H,11-12H2,1-2H3;2-9,20H,10H2,1H3;2-5H,1H3;1-4H,11H2;2H2,1H3. The molecular weight excluding hydrogens is 1190 g/mol. The number of alkyl halides is 10. The molecule has 0 aromatic heterocycles. The first kappa shape index (κ1) is 68.3. The van der Waals surface area contributed by atoms with Crippen molar-refractivity contribution in [1.29, 1.82) is 0 Å². The van der Waals surface area contributed by atoms with Crippen molar-refractivity contribution in [3.63, 3.8) is 0 Å². The number of carbonyl (C=O) groups is 5. The molecule has 6 aromatic rings. The molecule has 0 atom stereocenters. The second-order valence-corrected chi connectivity index (χ2v) is 18.5. The van der Waals surface area contributed by atoms with Crippen molar-refractivity contribution in [3.05, 3.63) is 190 Å². The van der Waals surface area contributed by atoms with Gasteiger partial charge in [0.25, 0.3) is 9.05 Å². The minimum atomic E-state index is -4.60. The summed E-state index contributed by atoms with van der Waals surface area (Å²) in [7, 11) is 7.35. The van der Waals surface area contributed by atoms with Crippen LogP contribution in [-0.4, -0.2) is 85.7 Å². The number of nitrogens with two attached hydrogens (primary N) is 1. The first-order valence-electron chi connectivity index (χ1n) is 22.4. The molecule has 0 amide bonds. The summed E-state index contributed by atoms with van der Waals surface area (Å²) < 4.78 is 160. The lowest BCUT2D eigenvalue weighted by Crippen LogP contribution is -2.32. The van der Waals surface area contributed by atoms with Crippen LogP contribution in [0.3, 0.4) is 0 Å². The smallest absolute Gasteiger partial charge is 0.418 e. The summed E-state index contributed by atoms with van der Waals surface area (Å²) in [5, 5.41) is 3.01. The first-order chi connectivity index (χ1) is 37.5.